The van der Waals surface area contributed by atoms with Crippen LogP contribution in [0.25, 0.3) is 0 Å². The highest BCUT2D eigenvalue weighted by molar-refractivity contribution is 6.33. The Morgan fingerprint density at radius 2 is 2.12 bits per heavy atom. The molecule has 1 aromatic rings. The van der Waals surface area contributed by atoms with Crippen LogP contribution in [0.1, 0.15) is 29.6 Å². The Morgan fingerprint density at radius 1 is 1.44 bits per heavy atom. The summed E-state index contributed by atoms with van der Waals surface area (Å²) in [5.74, 6) is 0.817. The van der Waals surface area contributed by atoms with Gasteiger partial charge in [-0.3, -0.25) is 4.79 Å². The van der Waals surface area contributed by atoms with Gasteiger partial charge in [-0.1, -0.05) is 11.6 Å². The number of amides is 1. The number of rotatable bonds is 2. The minimum Gasteiger partial charge on any atom is -0.398 e. The molecule has 0 aromatic heterocycles. The van der Waals surface area contributed by atoms with E-state index in [2.05, 4.69) is 5.32 Å². The van der Waals surface area contributed by atoms with Gasteiger partial charge in [-0.2, -0.15) is 0 Å². The summed E-state index contributed by atoms with van der Waals surface area (Å²) in [5.41, 5.74) is 6.81. The van der Waals surface area contributed by atoms with Crippen molar-refractivity contribution in [3.05, 3.63) is 28.8 Å². The Hall–Kier alpha value is -1.22. The van der Waals surface area contributed by atoms with E-state index in [9.17, 15) is 4.79 Å². The van der Waals surface area contributed by atoms with Crippen LogP contribution in [-0.4, -0.2) is 11.4 Å². The van der Waals surface area contributed by atoms with Crippen LogP contribution in [0.3, 0.4) is 0 Å². The molecular formula is C12H13ClN2O. The Balaban J connectivity index is 1.75. The summed E-state index contributed by atoms with van der Waals surface area (Å²) < 4.78 is 0. The van der Waals surface area contributed by atoms with Crippen molar-refractivity contribution >= 4 is 23.2 Å². The number of hydrogen-bond acceptors (Lipinski definition) is 2. The van der Waals surface area contributed by atoms with Crippen molar-refractivity contribution in [1.29, 1.82) is 0 Å². The zero-order valence-corrected chi connectivity index (χ0v) is 9.55. The number of nitrogen functional groups attached to an aromatic ring is 1. The van der Waals surface area contributed by atoms with E-state index in [0.29, 0.717) is 16.3 Å². The largest absolute Gasteiger partial charge is 0.398 e. The van der Waals surface area contributed by atoms with Crippen LogP contribution in [0.15, 0.2) is 18.2 Å². The molecule has 3 N–H and O–H groups in total. The molecule has 0 aliphatic heterocycles. The predicted octanol–water partition coefficient (Wildman–Crippen LogP) is 2.20. The number of carbonyl (C=O) groups is 1. The second kappa shape index (κ2) is 3.14. The molecule has 3 nitrogen and oxygen atoms in total. The zero-order valence-electron chi connectivity index (χ0n) is 8.79. The highest BCUT2D eigenvalue weighted by Gasteiger charge is 2.57. The molecule has 0 saturated heterocycles. The Morgan fingerprint density at radius 3 is 2.62 bits per heavy atom. The average molecular weight is 237 g/mol. The molecule has 16 heavy (non-hydrogen) atoms. The number of carbonyl (C=O) groups excluding carboxylic acids is 1. The summed E-state index contributed by atoms with van der Waals surface area (Å²) in [4.78, 5) is 11.9. The maximum atomic E-state index is 11.9. The molecule has 4 heteroatoms. The Bertz CT molecular complexity index is 455. The van der Waals surface area contributed by atoms with E-state index in [1.807, 2.05) is 0 Å². The molecule has 0 spiro atoms. The monoisotopic (exact) mass is 236 g/mol. The van der Waals surface area contributed by atoms with Gasteiger partial charge in [0, 0.05) is 11.1 Å². The van der Waals surface area contributed by atoms with Crippen LogP contribution in [0, 0.1) is 5.92 Å². The molecule has 3 saturated carbocycles. The van der Waals surface area contributed by atoms with E-state index in [1.165, 1.54) is 0 Å². The van der Waals surface area contributed by atoms with Gasteiger partial charge in [-0.15, -0.1) is 0 Å². The van der Waals surface area contributed by atoms with Crippen molar-refractivity contribution in [2.45, 2.75) is 24.8 Å². The first-order valence-electron chi connectivity index (χ1n) is 5.46. The van der Waals surface area contributed by atoms with Crippen molar-refractivity contribution in [3.8, 4) is 0 Å². The fraction of sp³-hybridized carbons (Fsp3) is 0.417. The summed E-state index contributed by atoms with van der Waals surface area (Å²) in [5, 5.41) is 3.57. The molecule has 0 unspecified atom stereocenters. The lowest BCUT2D eigenvalue weighted by Crippen LogP contribution is -2.68. The number of nitrogens with two attached hydrogens (primary N) is 1. The summed E-state index contributed by atoms with van der Waals surface area (Å²) >= 11 is 5.81. The summed E-state index contributed by atoms with van der Waals surface area (Å²) in [6, 6.07) is 5.00. The molecule has 1 aromatic carbocycles. The van der Waals surface area contributed by atoms with Gasteiger partial charge < -0.3 is 11.1 Å². The molecule has 0 atom stereocenters. The van der Waals surface area contributed by atoms with Gasteiger partial charge in [0.05, 0.1) is 10.7 Å². The topological polar surface area (TPSA) is 55.1 Å². The van der Waals surface area contributed by atoms with Gasteiger partial charge in [0.1, 0.15) is 0 Å². The summed E-state index contributed by atoms with van der Waals surface area (Å²) in [6.45, 7) is 0. The number of anilines is 1. The zero-order chi connectivity index (χ0) is 11.3. The van der Waals surface area contributed by atoms with Crippen molar-refractivity contribution in [1.82, 2.24) is 5.32 Å². The number of hydrogen-bond donors (Lipinski definition) is 2. The Labute approximate surface area is 99.0 Å². The summed E-state index contributed by atoms with van der Waals surface area (Å²) in [6.07, 6.45) is 3.42. The van der Waals surface area contributed by atoms with Crippen molar-refractivity contribution < 1.29 is 4.79 Å². The van der Waals surface area contributed by atoms with E-state index in [4.69, 9.17) is 17.3 Å². The molecule has 1 amide bonds. The highest BCUT2D eigenvalue weighted by atomic mass is 35.5. The quantitative estimate of drug-likeness (QED) is 0.774. The standard InChI is InChI=1S/C12H13ClN2O/c13-9-2-1-8(3-10(9)14)11(16)15-12-4-7(5-12)6-12/h1-3,7H,4-6,14H2,(H,15,16). The van der Waals surface area contributed by atoms with Crippen molar-refractivity contribution in [2.24, 2.45) is 5.92 Å². The van der Waals surface area contributed by atoms with Crippen LogP contribution in [0.4, 0.5) is 5.69 Å². The molecule has 3 aliphatic rings. The molecular weight excluding hydrogens is 224 g/mol. The third kappa shape index (κ3) is 1.39. The smallest absolute Gasteiger partial charge is 0.251 e. The first-order valence-corrected chi connectivity index (χ1v) is 5.83. The highest BCUT2D eigenvalue weighted by Crippen LogP contribution is 2.56. The lowest BCUT2D eigenvalue weighted by molar-refractivity contribution is -0.0438. The van der Waals surface area contributed by atoms with Gasteiger partial charge in [0.25, 0.3) is 5.91 Å². The van der Waals surface area contributed by atoms with Crippen LogP contribution < -0.4 is 11.1 Å². The Kier molecular flexibility index (Phi) is 1.96. The SMILES string of the molecule is Nc1cc(C(=O)NC23CC(C2)C3)ccc1Cl. The second-order valence-electron chi connectivity index (χ2n) is 4.95. The summed E-state index contributed by atoms with van der Waals surface area (Å²) in [7, 11) is 0. The molecule has 2 bridgehead atoms. The minimum absolute atomic E-state index is 0.0403. The fourth-order valence-corrected chi connectivity index (χ4v) is 2.75. The average Bonchev–Trinajstić information content (AvgIpc) is 2.13. The van der Waals surface area contributed by atoms with Crippen molar-refractivity contribution in [2.75, 3.05) is 5.73 Å². The number of benzene rings is 1. The second-order valence-corrected chi connectivity index (χ2v) is 5.36. The van der Waals surface area contributed by atoms with Gasteiger partial charge in [-0.05, 0) is 43.4 Å². The van der Waals surface area contributed by atoms with Gasteiger partial charge in [-0.25, -0.2) is 0 Å². The van der Waals surface area contributed by atoms with Crippen LogP contribution in [0.2, 0.25) is 5.02 Å². The van der Waals surface area contributed by atoms with E-state index in [1.54, 1.807) is 18.2 Å². The van der Waals surface area contributed by atoms with Crippen LogP contribution >= 0.6 is 11.6 Å². The molecule has 0 radical (unpaired) electrons. The molecule has 4 rings (SSSR count). The molecule has 3 fully saturated rings. The normalized spacial score (nSPS) is 30.2. The fourth-order valence-electron chi connectivity index (χ4n) is 2.63. The van der Waals surface area contributed by atoms with Gasteiger partial charge in [0.15, 0.2) is 0 Å². The van der Waals surface area contributed by atoms with E-state index in [-0.39, 0.29) is 11.4 Å². The molecule has 3 aliphatic carbocycles. The number of nitrogens with one attached hydrogen (secondary N) is 1. The predicted molar refractivity (Wildman–Crippen MR) is 63.4 cm³/mol. The third-order valence-corrected chi connectivity index (χ3v) is 4.02. The maximum Gasteiger partial charge on any atom is 0.251 e. The van der Waals surface area contributed by atoms with Crippen molar-refractivity contribution in [3.63, 3.8) is 0 Å². The van der Waals surface area contributed by atoms with E-state index < -0.39 is 0 Å². The first kappa shape index (κ1) is 9.97. The lowest BCUT2D eigenvalue weighted by Gasteiger charge is -2.61. The van der Waals surface area contributed by atoms with Gasteiger partial charge >= 0.3 is 0 Å². The third-order valence-electron chi connectivity index (χ3n) is 3.68. The maximum absolute atomic E-state index is 11.9. The molecule has 0 heterocycles. The van der Waals surface area contributed by atoms with Crippen LogP contribution in [-0.2, 0) is 0 Å². The molecule has 84 valence electrons. The first-order chi connectivity index (χ1) is 7.58. The van der Waals surface area contributed by atoms with E-state index >= 15 is 0 Å². The minimum atomic E-state index is -0.0403. The van der Waals surface area contributed by atoms with Gasteiger partial charge in [0.2, 0.25) is 0 Å². The number of halogens is 1. The van der Waals surface area contributed by atoms with Crippen LogP contribution in [0.5, 0.6) is 0 Å². The van der Waals surface area contributed by atoms with E-state index in [0.717, 1.165) is 25.2 Å². The lowest BCUT2D eigenvalue weighted by atomic mass is 9.50.